The van der Waals surface area contributed by atoms with E-state index in [2.05, 4.69) is 10.0 Å². The van der Waals surface area contributed by atoms with Crippen LogP contribution in [-0.4, -0.2) is 60.9 Å². The third-order valence-electron chi connectivity index (χ3n) is 7.25. The van der Waals surface area contributed by atoms with E-state index in [-0.39, 0.29) is 36.1 Å². The first-order valence-corrected chi connectivity index (χ1v) is 13.7. The van der Waals surface area contributed by atoms with Gasteiger partial charge in [0.15, 0.2) is 0 Å². The van der Waals surface area contributed by atoms with Crippen LogP contribution in [0, 0.1) is 5.92 Å². The third-order valence-corrected chi connectivity index (χ3v) is 8.78. The van der Waals surface area contributed by atoms with Crippen LogP contribution in [0.1, 0.15) is 63.4 Å². The number of amides is 2. The predicted molar refractivity (Wildman–Crippen MR) is 124 cm³/mol. The second-order valence-electron chi connectivity index (χ2n) is 9.69. The molecule has 2 amide bonds. The van der Waals surface area contributed by atoms with E-state index in [1.165, 1.54) is 17.0 Å². The standard InChI is InChI=1S/C24H33N3O6S/c28-21-9-5-4-6-16-10-12-19(13-11-16)34(32,33)26-18-14-20(24(30)31)27(15-18)23(29)22(25-21)17-7-2-1-3-8-17/h10-13,17-18,20,22,26H,1-9,14-15H2,(H,25,28)(H,30,31)/t18-,20?,22?/m1/s1. The molecule has 1 aromatic rings. The van der Waals surface area contributed by atoms with Crippen LogP contribution < -0.4 is 10.0 Å². The van der Waals surface area contributed by atoms with Gasteiger partial charge < -0.3 is 15.3 Å². The number of rotatable bonds is 2. The quantitative estimate of drug-likeness (QED) is 0.578. The number of nitrogens with one attached hydrogen (secondary N) is 2. The Kier molecular flexibility index (Phi) is 7.57. The lowest BCUT2D eigenvalue weighted by molar-refractivity contribution is -0.150. The molecule has 186 valence electrons. The Balaban J connectivity index is 1.65. The molecular weight excluding hydrogens is 458 g/mol. The van der Waals surface area contributed by atoms with Crippen LogP contribution in [0.4, 0.5) is 0 Å². The summed E-state index contributed by atoms with van der Waals surface area (Å²) in [4.78, 5) is 39.8. The molecule has 0 aromatic heterocycles. The average molecular weight is 492 g/mol. The summed E-state index contributed by atoms with van der Waals surface area (Å²) in [7, 11) is -3.87. The lowest BCUT2D eigenvalue weighted by Gasteiger charge is -2.34. The van der Waals surface area contributed by atoms with Gasteiger partial charge in [0.05, 0.1) is 4.90 Å². The van der Waals surface area contributed by atoms with Crippen LogP contribution >= 0.6 is 0 Å². The number of carboxylic acids is 1. The molecule has 4 aliphatic rings. The van der Waals surface area contributed by atoms with Crippen molar-refractivity contribution in [3.63, 3.8) is 0 Å². The molecule has 2 fully saturated rings. The molecule has 3 atom stereocenters. The van der Waals surface area contributed by atoms with Crippen molar-refractivity contribution in [2.75, 3.05) is 6.54 Å². The summed E-state index contributed by atoms with van der Waals surface area (Å²) in [5, 5.41) is 12.7. The summed E-state index contributed by atoms with van der Waals surface area (Å²) < 4.78 is 28.5. The van der Waals surface area contributed by atoms with Gasteiger partial charge in [0.2, 0.25) is 21.8 Å². The van der Waals surface area contributed by atoms with Crippen molar-refractivity contribution in [3.05, 3.63) is 29.8 Å². The molecular formula is C24H33N3O6S. The van der Waals surface area contributed by atoms with Gasteiger partial charge >= 0.3 is 5.97 Å². The molecule has 1 aliphatic carbocycles. The molecule has 3 N–H and O–H groups in total. The Morgan fingerprint density at radius 2 is 1.65 bits per heavy atom. The van der Waals surface area contributed by atoms with Crippen LogP contribution in [0.15, 0.2) is 29.2 Å². The lowest BCUT2D eigenvalue weighted by atomic mass is 9.83. The number of aryl methyl sites for hydroxylation is 1. The molecule has 10 heteroatoms. The number of fused-ring (bicyclic) bond motifs is 10. The van der Waals surface area contributed by atoms with Gasteiger partial charge in [0, 0.05) is 19.0 Å². The van der Waals surface area contributed by atoms with Gasteiger partial charge in [-0.3, -0.25) is 9.59 Å². The Labute approximate surface area is 200 Å². The van der Waals surface area contributed by atoms with Gasteiger partial charge in [-0.25, -0.2) is 17.9 Å². The summed E-state index contributed by atoms with van der Waals surface area (Å²) in [5.74, 6) is -1.86. The zero-order valence-electron chi connectivity index (χ0n) is 19.2. The van der Waals surface area contributed by atoms with Crippen molar-refractivity contribution in [3.8, 4) is 0 Å². The number of nitrogens with zero attached hydrogens (tertiary/aromatic N) is 1. The Bertz CT molecular complexity index is 1020. The highest BCUT2D eigenvalue weighted by Gasteiger charge is 2.45. The van der Waals surface area contributed by atoms with Crippen molar-refractivity contribution in [1.82, 2.24) is 14.9 Å². The van der Waals surface area contributed by atoms with E-state index in [4.69, 9.17) is 0 Å². The minimum atomic E-state index is -3.87. The fourth-order valence-electron chi connectivity index (χ4n) is 5.41. The highest BCUT2D eigenvalue weighted by Crippen LogP contribution is 2.30. The smallest absolute Gasteiger partial charge is 0.326 e. The van der Waals surface area contributed by atoms with Crippen molar-refractivity contribution in [1.29, 1.82) is 0 Å². The molecule has 3 aliphatic heterocycles. The highest BCUT2D eigenvalue weighted by atomic mass is 32.2. The van der Waals surface area contributed by atoms with E-state index in [0.717, 1.165) is 50.5 Å². The van der Waals surface area contributed by atoms with Crippen molar-refractivity contribution >= 4 is 27.8 Å². The van der Waals surface area contributed by atoms with E-state index >= 15 is 0 Å². The summed E-state index contributed by atoms with van der Waals surface area (Å²) >= 11 is 0. The summed E-state index contributed by atoms with van der Waals surface area (Å²) in [6, 6.07) is 3.93. The molecule has 5 rings (SSSR count). The third kappa shape index (κ3) is 5.60. The minimum absolute atomic E-state index is 0.0241. The van der Waals surface area contributed by atoms with Crippen LogP contribution in [0.25, 0.3) is 0 Å². The van der Waals surface area contributed by atoms with Crippen LogP contribution in [0.5, 0.6) is 0 Å². The Morgan fingerprint density at radius 3 is 2.32 bits per heavy atom. The first-order valence-electron chi connectivity index (χ1n) is 12.2. The fourth-order valence-corrected chi connectivity index (χ4v) is 6.65. The van der Waals surface area contributed by atoms with Crippen LogP contribution in [0.2, 0.25) is 0 Å². The van der Waals surface area contributed by atoms with Gasteiger partial charge in [0.1, 0.15) is 12.1 Å². The Hall–Kier alpha value is -2.46. The van der Waals surface area contributed by atoms with E-state index in [9.17, 15) is 27.9 Å². The molecule has 0 spiro atoms. The summed E-state index contributed by atoms with van der Waals surface area (Å²) in [6.07, 6.45) is 6.99. The first-order chi connectivity index (χ1) is 16.2. The van der Waals surface area contributed by atoms with Crippen LogP contribution in [-0.2, 0) is 30.8 Å². The molecule has 1 saturated carbocycles. The number of carbonyl (C=O) groups is 3. The second kappa shape index (κ2) is 10.4. The highest BCUT2D eigenvalue weighted by molar-refractivity contribution is 7.89. The lowest BCUT2D eigenvalue weighted by Crippen LogP contribution is -2.55. The zero-order valence-corrected chi connectivity index (χ0v) is 20.1. The largest absolute Gasteiger partial charge is 0.480 e. The maximum Gasteiger partial charge on any atom is 0.326 e. The van der Waals surface area contributed by atoms with Gasteiger partial charge in [0.25, 0.3) is 0 Å². The van der Waals surface area contributed by atoms with Gasteiger partial charge in [-0.1, -0.05) is 31.4 Å². The summed E-state index contributed by atoms with van der Waals surface area (Å²) in [6.45, 7) is -0.0494. The maximum absolute atomic E-state index is 13.6. The topological polar surface area (TPSA) is 133 Å². The maximum atomic E-state index is 13.6. The van der Waals surface area contributed by atoms with E-state index < -0.39 is 40.0 Å². The average Bonchev–Trinajstić information content (AvgIpc) is 3.24. The number of benzene rings is 1. The zero-order chi connectivity index (χ0) is 24.3. The van der Waals surface area contributed by atoms with Crippen molar-refractivity contribution < 1.29 is 27.9 Å². The Morgan fingerprint density at radius 1 is 0.971 bits per heavy atom. The first kappa shape index (κ1) is 24.7. The number of carbonyl (C=O) groups excluding carboxylic acids is 2. The van der Waals surface area contributed by atoms with E-state index in [1.807, 2.05) is 0 Å². The SMILES string of the molecule is O=C1CCCCc2ccc(cc2)S(=O)(=O)N[C@@H]2CC(C(=O)O)N(C2)C(=O)C(C2CCCCC2)N1. The number of hydrogen-bond donors (Lipinski definition) is 3. The van der Waals surface area contributed by atoms with Gasteiger partial charge in [-0.05, 0) is 62.1 Å². The molecule has 34 heavy (non-hydrogen) atoms. The summed E-state index contributed by atoms with van der Waals surface area (Å²) in [5.41, 5.74) is 0.983. The van der Waals surface area contributed by atoms with Crippen molar-refractivity contribution in [2.45, 2.75) is 87.2 Å². The van der Waals surface area contributed by atoms with Crippen molar-refractivity contribution in [2.24, 2.45) is 5.92 Å². The second-order valence-corrected chi connectivity index (χ2v) is 11.4. The van der Waals surface area contributed by atoms with Gasteiger partial charge in [-0.15, -0.1) is 0 Å². The van der Waals surface area contributed by atoms with E-state index in [0.29, 0.717) is 6.42 Å². The molecule has 1 saturated heterocycles. The van der Waals surface area contributed by atoms with Gasteiger partial charge in [-0.2, -0.15) is 0 Å². The molecule has 1 aromatic carbocycles. The predicted octanol–water partition coefficient (Wildman–Crippen LogP) is 1.81. The molecule has 4 bridgehead atoms. The number of carboxylic acid groups (broad SMARTS) is 1. The minimum Gasteiger partial charge on any atom is -0.480 e. The molecule has 0 radical (unpaired) electrons. The monoisotopic (exact) mass is 491 g/mol. The van der Waals surface area contributed by atoms with E-state index in [1.54, 1.807) is 12.1 Å². The normalized spacial score (nSPS) is 28.9. The number of aliphatic carboxylic acids is 1. The fraction of sp³-hybridized carbons (Fsp3) is 0.625. The molecule has 3 heterocycles. The number of sulfonamides is 1. The molecule has 2 unspecified atom stereocenters. The molecule has 9 nitrogen and oxygen atoms in total. The number of hydrogen-bond acceptors (Lipinski definition) is 5. The van der Waals surface area contributed by atoms with Crippen LogP contribution in [0.3, 0.4) is 0 Å².